The minimum absolute atomic E-state index is 0.0550. The average molecular weight is 330 g/mol. The third-order valence-electron chi connectivity index (χ3n) is 4.43. The minimum atomic E-state index is -3.24. The van der Waals surface area contributed by atoms with E-state index in [0.29, 0.717) is 38.8 Å². The van der Waals surface area contributed by atoms with Crippen LogP contribution in [0.15, 0.2) is 12.4 Å². The molecule has 122 valence electrons. The number of halogens is 1. The van der Waals surface area contributed by atoms with E-state index in [0.717, 1.165) is 12.4 Å². The highest BCUT2D eigenvalue weighted by Crippen LogP contribution is 2.41. The topological polar surface area (TPSA) is 84.4 Å². The average Bonchev–Trinajstić information content (AvgIpc) is 3.03. The molecule has 0 saturated carbocycles. The van der Waals surface area contributed by atoms with Gasteiger partial charge in [-0.3, -0.25) is 0 Å². The number of hydrogen-bond acceptors (Lipinski definition) is 6. The van der Waals surface area contributed by atoms with Crippen molar-refractivity contribution in [3.63, 3.8) is 0 Å². The zero-order valence-corrected chi connectivity index (χ0v) is 13.1. The standard InChI is InChI=1S/C13H19FN4O3S/c1-2-22(19,20)17-7-13-8-18(5-10(13)6-21-9-13)12-15-3-11(14)4-16-12/h3-4,10,17H,2,5-9H2,1H3/t10-,13+/m1/s1. The Bertz CT molecular complexity index is 639. The first-order valence-electron chi connectivity index (χ1n) is 7.22. The Labute approximate surface area is 128 Å². The molecule has 1 aromatic heterocycles. The van der Waals surface area contributed by atoms with Gasteiger partial charge in [-0.25, -0.2) is 27.5 Å². The fourth-order valence-electron chi connectivity index (χ4n) is 3.06. The van der Waals surface area contributed by atoms with Gasteiger partial charge in [0.1, 0.15) is 0 Å². The molecule has 2 aliphatic rings. The number of aromatic nitrogens is 2. The summed E-state index contributed by atoms with van der Waals surface area (Å²) >= 11 is 0. The molecule has 1 aromatic rings. The van der Waals surface area contributed by atoms with Crippen molar-refractivity contribution in [1.82, 2.24) is 14.7 Å². The lowest BCUT2D eigenvalue weighted by Gasteiger charge is -2.27. The van der Waals surface area contributed by atoms with E-state index < -0.39 is 15.8 Å². The number of fused-ring (bicyclic) bond motifs is 1. The van der Waals surface area contributed by atoms with Gasteiger partial charge < -0.3 is 9.64 Å². The summed E-state index contributed by atoms with van der Waals surface area (Å²) in [6.45, 7) is 4.31. The van der Waals surface area contributed by atoms with Crippen molar-refractivity contribution in [2.45, 2.75) is 6.92 Å². The summed E-state index contributed by atoms with van der Waals surface area (Å²) in [5.74, 6) is 0.255. The summed E-state index contributed by atoms with van der Waals surface area (Å²) in [7, 11) is -3.24. The lowest BCUT2D eigenvalue weighted by molar-refractivity contribution is 0.156. The molecule has 0 bridgehead atoms. The lowest BCUT2D eigenvalue weighted by atomic mass is 9.81. The van der Waals surface area contributed by atoms with Crippen molar-refractivity contribution in [2.24, 2.45) is 11.3 Å². The van der Waals surface area contributed by atoms with Crippen molar-refractivity contribution < 1.29 is 17.5 Å². The van der Waals surface area contributed by atoms with E-state index in [9.17, 15) is 12.8 Å². The molecule has 0 aromatic carbocycles. The SMILES string of the molecule is CCS(=O)(=O)NC[C@]12COC[C@H]1CN(c1ncc(F)cn1)C2. The van der Waals surface area contributed by atoms with Gasteiger partial charge in [-0.05, 0) is 6.92 Å². The van der Waals surface area contributed by atoms with Crippen LogP contribution in [0.4, 0.5) is 10.3 Å². The number of nitrogens with zero attached hydrogens (tertiary/aromatic N) is 3. The zero-order valence-electron chi connectivity index (χ0n) is 12.3. The van der Waals surface area contributed by atoms with Crippen LogP contribution in [0.3, 0.4) is 0 Å². The molecular formula is C13H19FN4O3S. The number of sulfonamides is 1. The molecule has 0 unspecified atom stereocenters. The molecule has 2 fully saturated rings. The summed E-state index contributed by atoms with van der Waals surface area (Å²) in [5, 5.41) is 0. The third-order valence-corrected chi connectivity index (χ3v) is 5.78. The van der Waals surface area contributed by atoms with Crippen molar-refractivity contribution in [2.75, 3.05) is 43.5 Å². The van der Waals surface area contributed by atoms with Crippen LogP contribution >= 0.6 is 0 Å². The molecule has 0 amide bonds. The summed E-state index contributed by atoms with van der Waals surface area (Å²) < 4.78 is 44.5. The smallest absolute Gasteiger partial charge is 0.225 e. The maximum absolute atomic E-state index is 12.9. The van der Waals surface area contributed by atoms with Gasteiger partial charge in [0, 0.05) is 31.0 Å². The van der Waals surface area contributed by atoms with Crippen LogP contribution in [0.5, 0.6) is 0 Å². The fourth-order valence-corrected chi connectivity index (χ4v) is 3.77. The van der Waals surface area contributed by atoms with E-state index in [2.05, 4.69) is 14.7 Å². The van der Waals surface area contributed by atoms with E-state index in [-0.39, 0.29) is 17.1 Å². The van der Waals surface area contributed by atoms with Crippen molar-refractivity contribution in [3.8, 4) is 0 Å². The summed E-state index contributed by atoms with van der Waals surface area (Å²) in [4.78, 5) is 9.97. The first-order chi connectivity index (χ1) is 10.4. The van der Waals surface area contributed by atoms with Crippen LogP contribution < -0.4 is 9.62 Å². The molecule has 0 radical (unpaired) electrons. The maximum atomic E-state index is 12.9. The van der Waals surface area contributed by atoms with Gasteiger partial charge in [-0.15, -0.1) is 0 Å². The molecular weight excluding hydrogens is 311 g/mol. The van der Waals surface area contributed by atoms with Crippen molar-refractivity contribution in [1.29, 1.82) is 0 Å². The van der Waals surface area contributed by atoms with Crippen LogP contribution in [0.2, 0.25) is 0 Å². The second-order valence-electron chi connectivity index (χ2n) is 5.88. The highest BCUT2D eigenvalue weighted by molar-refractivity contribution is 7.89. The number of anilines is 1. The van der Waals surface area contributed by atoms with Gasteiger partial charge in [-0.1, -0.05) is 0 Å². The number of rotatable bonds is 5. The predicted molar refractivity (Wildman–Crippen MR) is 78.4 cm³/mol. The Morgan fingerprint density at radius 1 is 1.50 bits per heavy atom. The van der Waals surface area contributed by atoms with E-state index >= 15 is 0 Å². The van der Waals surface area contributed by atoms with Crippen molar-refractivity contribution in [3.05, 3.63) is 18.2 Å². The summed E-state index contributed by atoms with van der Waals surface area (Å²) in [5.41, 5.74) is -0.278. The quantitative estimate of drug-likeness (QED) is 0.819. The van der Waals surface area contributed by atoms with E-state index in [1.54, 1.807) is 6.92 Å². The summed E-state index contributed by atoms with van der Waals surface area (Å²) in [6, 6.07) is 0. The Hall–Kier alpha value is -1.32. The second-order valence-corrected chi connectivity index (χ2v) is 7.98. The van der Waals surface area contributed by atoms with E-state index in [1.165, 1.54) is 0 Å². The summed E-state index contributed by atoms with van der Waals surface area (Å²) in [6.07, 6.45) is 2.28. The van der Waals surface area contributed by atoms with Gasteiger partial charge in [0.05, 0.1) is 31.4 Å². The number of nitrogens with one attached hydrogen (secondary N) is 1. The van der Waals surface area contributed by atoms with Gasteiger partial charge in [-0.2, -0.15) is 0 Å². The molecule has 2 atom stereocenters. The monoisotopic (exact) mass is 330 g/mol. The molecule has 2 aliphatic heterocycles. The molecule has 22 heavy (non-hydrogen) atoms. The molecule has 3 rings (SSSR count). The van der Waals surface area contributed by atoms with E-state index in [4.69, 9.17) is 4.74 Å². The molecule has 0 spiro atoms. The van der Waals surface area contributed by atoms with Crippen LogP contribution in [0, 0.1) is 17.2 Å². The predicted octanol–water partition coefficient (Wildman–Crippen LogP) is 0.00780. The van der Waals surface area contributed by atoms with Crippen LogP contribution in [-0.2, 0) is 14.8 Å². The zero-order chi connectivity index (χ0) is 15.8. The Morgan fingerprint density at radius 3 is 2.91 bits per heavy atom. The molecule has 1 N–H and O–H groups in total. The van der Waals surface area contributed by atoms with Crippen molar-refractivity contribution >= 4 is 16.0 Å². The highest BCUT2D eigenvalue weighted by atomic mass is 32.2. The number of hydrogen-bond donors (Lipinski definition) is 1. The van der Waals surface area contributed by atoms with Gasteiger partial charge in [0.25, 0.3) is 0 Å². The van der Waals surface area contributed by atoms with Crippen LogP contribution in [0.1, 0.15) is 6.92 Å². The van der Waals surface area contributed by atoms with E-state index in [1.807, 2.05) is 4.90 Å². The molecule has 7 nitrogen and oxygen atoms in total. The Morgan fingerprint density at radius 2 is 2.23 bits per heavy atom. The maximum Gasteiger partial charge on any atom is 0.225 e. The second kappa shape index (κ2) is 5.71. The molecule has 2 saturated heterocycles. The Balaban J connectivity index is 1.75. The van der Waals surface area contributed by atoms with Gasteiger partial charge >= 0.3 is 0 Å². The largest absolute Gasteiger partial charge is 0.380 e. The molecule has 9 heteroatoms. The first kappa shape index (κ1) is 15.6. The van der Waals surface area contributed by atoms with Gasteiger partial charge in [0.2, 0.25) is 16.0 Å². The normalized spacial score (nSPS) is 28.1. The molecule has 3 heterocycles. The fraction of sp³-hybridized carbons (Fsp3) is 0.692. The first-order valence-corrected chi connectivity index (χ1v) is 8.87. The highest BCUT2D eigenvalue weighted by Gasteiger charge is 2.51. The lowest BCUT2D eigenvalue weighted by Crippen LogP contribution is -2.43. The van der Waals surface area contributed by atoms with Gasteiger partial charge in [0.15, 0.2) is 5.82 Å². The third kappa shape index (κ3) is 2.92. The number of ether oxygens (including phenoxy) is 1. The molecule has 0 aliphatic carbocycles. The van der Waals surface area contributed by atoms with Crippen LogP contribution in [0.25, 0.3) is 0 Å². The minimum Gasteiger partial charge on any atom is -0.380 e. The van der Waals surface area contributed by atoms with Crippen LogP contribution in [-0.4, -0.2) is 57.0 Å². The Kier molecular flexibility index (Phi) is 4.04.